The number of rotatable bonds is 6. The molecule has 1 aliphatic carbocycles. The van der Waals surface area contributed by atoms with Gasteiger partial charge in [-0.25, -0.2) is 0 Å². The Kier molecular flexibility index (Phi) is 6.13. The maximum atomic E-state index is 12.3. The molecule has 5 heteroatoms. The van der Waals surface area contributed by atoms with Gasteiger partial charge in [-0.1, -0.05) is 13.8 Å². The quantitative estimate of drug-likeness (QED) is 0.791. The first-order valence-corrected chi connectivity index (χ1v) is 7.99. The molecule has 0 aromatic carbocycles. The van der Waals surface area contributed by atoms with Gasteiger partial charge >= 0.3 is 6.18 Å². The van der Waals surface area contributed by atoms with Crippen molar-refractivity contribution in [2.45, 2.75) is 83.5 Å². The molecule has 1 rings (SSSR count). The van der Waals surface area contributed by atoms with Crippen molar-refractivity contribution in [1.82, 2.24) is 4.90 Å². The van der Waals surface area contributed by atoms with Crippen LogP contribution in [0.1, 0.15) is 65.7 Å². The van der Waals surface area contributed by atoms with Crippen LogP contribution < -0.4 is 5.73 Å². The minimum absolute atomic E-state index is 0.153. The average Bonchev–Trinajstić information content (AvgIpc) is 2.36. The van der Waals surface area contributed by atoms with Crippen LogP contribution in [0.15, 0.2) is 0 Å². The summed E-state index contributed by atoms with van der Waals surface area (Å²) in [5.74, 6) is 0. The second kappa shape index (κ2) is 6.86. The van der Waals surface area contributed by atoms with E-state index in [1.165, 1.54) is 12.8 Å². The van der Waals surface area contributed by atoms with Crippen LogP contribution in [0, 0.1) is 5.41 Å². The molecule has 1 saturated carbocycles. The van der Waals surface area contributed by atoms with Crippen LogP contribution in [0.4, 0.5) is 13.2 Å². The molecule has 126 valence electrons. The van der Waals surface area contributed by atoms with Crippen molar-refractivity contribution < 1.29 is 13.2 Å². The summed E-state index contributed by atoms with van der Waals surface area (Å²) in [5, 5.41) is 0. The lowest BCUT2D eigenvalue weighted by Gasteiger charge is -2.47. The van der Waals surface area contributed by atoms with E-state index in [4.69, 9.17) is 5.73 Å². The minimum atomic E-state index is -4.07. The Morgan fingerprint density at radius 1 is 1.14 bits per heavy atom. The highest BCUT2D eigenvalue weighted by Crippen LogP contribution is 2.39. The molecular formula is C16H31F3N2. The van der Waals surface area contributed by atoms with Crippen LogP contribution in [-0.4, -0.2) is 36.2 Å². The van der Waals surface area contributed by atoms with Crippen molar-refractivity contribution in [2.75, 3.05) is 13.6 Å². The first-order chi connectivity index (χ1) is 9.49. The lowest BCUT2D eigenvalue weighted by molar-refractivity contribution is -0.137. The molecule has 0 bridgehead atoms. The third kappa shape index (κ3) is 5.78. The van der Waals surface area contributed by atoms with E-state index in [0.29, 0.717) is 24.4 Å². The minimum Gasteiger partial charge on any atom is -0.329 e. The zero-order valence-corrected chi connectivity index (χ0v) is 13.9. The molecule has 0 saturated heterocycles. The normalized spacial score (nSPS) is 23.3. The van der Waals surface area contributed by atoms with Gasteiger partial charge in [-0.2, -0.15) is 13.2 Å². The van der Waals surface area contributed by atoms with Gasteiger partial charge in [0.15, 0.2) is 0 Å². The molecule has 0 radical (unpaired) electrons. The highest BCUT2D eigenvalue weighted by molar-refractivity contribution is 4.92. The predicted molar refractivity (Wildman–Crippen MR) is 81.2 cm³/mol. The summed E-state index contributed by atoms with van der Waals surface area (Å²) in [6.07, 6.45) is 0.434. The van der Waals surface area contributed by atoms with E-state index >= 15 is 0 Å². The summed E-state index contributed by atoms with van der Waals surface area (Å²) in [7, 11) is 2.03. The summed E-state index contributed by atoms with van der Waals surface area (Å²) < 4.78 is 37.0. The Bertz CT molecular complexity index is 318. The Balaban J connectivity index is 2.57. The van der Waals surface area contributed by atoms with Crippen molar-refractivity contribution in [3.63, 3.8) is 0 Å². The SMILES string of the molecule is CN(C1CCC(C)(C)CC1)C(C)(CN)CCCC(F)(F)F. The summed E-state index contributed by atoms with van der Waals surface area (Å²) in [6, 6.07) is 0.442. The zero-order chi connectivity index (χ0) is 16.3. The van der Waals surface area contributed by atoms with Gasteiger partial charge in [-0.15, -0.1) is 0 Å². The monoisotopic (exact) mass is 308 g/mol. The summed E-state index contributed by atoms with van der Waals surface area (Å²) in [4.78, 5) is 2.25. The van der Waals surface area contributed by atoms with E-state index in [9.17, 15) is 13.2 Å². The van der Waals surface area contributed by atoms with Gasteiger partial charge in [0.2, 0.25) is 0 Å². The fourth-order valence-corrected chi connectivity index (χ4v) is 3.30. The molecule has 0 heterocycles. The van der Waals surface area contributed by atoms with E-state index in [1.54, 1.807) is 0 Å². The molecule has 1 fully saturated rings. The molecule has 1 atom stereocenters. The summed E-state index contributed by atoms with van der Waals surface area (Å²) in [6.45, 7) is 6.98. The summed E-state index contributed by atoms with van der Waals surface area (Å²) >= 11 is 0. The van der Waals surface area contributed by atoms with Gasteiger partial charge in [-0.3, -0.25) is 4.90 Å². The van der Waals surface area contributed by atoms with E-state index in [-0.39, 0.29) is 12.0 Å². The second-order valence-corrected chi connectivity index (χ2v) is 7.68. The van der Waals surface area contributed by atoms with Gasteiger partial charge in [0.25, 0.3) is 0 Å². The van der Waals surface area contributed by atoms with Crippen LogP contribution in [-0.2, 0) is 0 Å². The molecule has 1 aliphatic rings. The first kappa shape index (κ1) is 18.8. The number of hydrogen-bond acceptors (Lipinski definition) is 2. The molecule has 21 heavy (non-hydrogen) atoms. The Hall–Kier alpha value is -0.290. The van der Waals surface area contributed by atoms with Gasteiger partial charge in [0.05, 0.1) is 0 Å². The molecule has 0 aliphatic heterocycles. The Labute approximate surface area is 127 Å². The fraction of sp³-hybridized carbons (Fsp3) is 1.00. The lowest BCUT2D eigenvalue weighted by Crippen LogP contribution is -2.55. The zero-order valence-electron chi connectivity index (χ0n) is 13.9. The highest BCUT2D eigenvalue weighted by Gasteiger charge is 2.37. The third-order valence-electron chi connectivity index (χ3n) is 5.32. The van der Waals surface area contributed by atoms with Crippen LogP contribution in [0.5, 0.6) is 0 Å². The van der Waals surface area contributed by atoms with Crippen LogP contribution in [0.25, 0.3) is 0 Å². The van der Waals surface area contributed by atoms with Crippen LogP contribution in [0.2, 0.25) is 0 Å². The van der Waals surface area contributed by atoms with Crippen molar-refractivity contribution in [1.29, 1.82) is 0 Å². The maximum absolute atomic E-state index is 12.3. The van der Waals surface area contributed by atoms with Crippen molar-refractivity contribution in [3.05, 3.63) is 0 Å². The molecule has 0 amide bonds. The number of nitrogens with zero attached hydrogens (tertiary/aromatic N) is 1. The summed E-state index contributed by atoms with van der Waals surface area (Å²) in [5.41, 5.74) is 5.95. The van der Waals surface area contributed by atoms with E-state index in [0.717, 1.165) is 12.8 Å². The molecule has 1 unspecified atom stereocenters. The smallest absolute Gasteiger partial charge is 0.329 e. The highest BCUT2D eigenvalue weighted by atomic mass is 19.4. The second-order valence-electron chi connectivity index (χ2n) is 7.68. The molecular weight excluding hydrogens is 277 g/mol. The molecule has 0 aromatic heterocycles. The van der Waals surface area contributed by atoms with Gasteiger partial charge in [0.1, 0.15) is 0 Å². The fourth-order valence-electron chi connectivity index (χ4n) is 3.30. The topological polar surface area (TPSA) is 29.3 Å². The number of nitrogens with two attached hydrogens (primary N) is 1. The van der Waals surface area contributed by atoms with E-state index in [1.807, 2.05) is 14.0 Å². The lowest BCUT2D eigenvalue weighted by atomic mass is 9.74. The van der Waals surface area contributed by atoms with E-state index in [2.05, 4.69) is 18.7 Å². The maximum Gasteiger partial charge on any atom is 0.389 e. The molecule has 2 nitrogen and oxygen atoms in total. The van der Waals surface area contributed by atoms with Crippen LogP contribution in [0.3, 0.4) is 0 Å². The largest absolute Gasteiger partial charge is 0.389 e. The molecule has 2 N–H and O–H groups in total. The van der Waals surface area contributed by atoms with E-state index < -0.39 is 12.6 Å². The average molecular weight is 308 g/mol. The van der Waals surface area contributed by atoms with Gasteiger partial charge < -0.3 is 5.73 Å². The predicted octanol–water partition coefficient (Wildman–Crippen LogP) is 4.34. The third-order valence-corrected chi connectivity index (χ3v) is 5.32. The molecule has 0 aromatic rings. The standard InChI is InChI=1S/C16H31F3N2/c1-14(2)10-6-13(7-11-14)21(4)15(3,12-20)8-5-9-16(17,18)19/h13H,5-12,20H2,1-4H3. The van der Waals surface area contributed by atoms with Crippen LogP contribution >= 0.6 is 0 Å². The molecule has 0 spiro atoms. The van der Waals surface area contributed by atoms with Crippen molar-refractivity contribution in [2.24, 2.45) is 11.1 Å². The van der Waals surface area contributed by atoms with Crippen molar-refractivity contribution in [3.8, 4) is 0 Å². The Morgan fingerprint density at radius 3 is 2.10 bits per heavy atom. The number of halogens is 3. The first-order valence-electron chi connectivity index (χ1n) is 7.99. The van der Waals surface area contributed by atoms with Gasteiger partial charge in [-0.05, 0) is 57.9 Å². The van der Waals surface area contributed by atoms with Gasteiger partial charge in [0, 0.05) is 24.5 Å². The number of hydrogen-bond donors (Lipinski definition) is 1. The Morgan fingerprint density at radius 2 is 1.67 bits per heavy atom. The number of alkyl halides is 3. The van der Waals surface area contributed by atoms with Crippen molar-refractivity contribution >= 4 is 0 Å². The number of likely N-dealkylation sites (N-methyl/N-ethyl adjacent to an activating group) is 1.